The summed E-state index contributed by atoms with van der Waals surface area (Å²) < 4.78 is 0. The van der Waals surface area contributed by atoms with Crippen LogP contribution in [0.2, 0.25) is 0 Å². The van der Waals surface area contributed by atoms with Gasteiger partial charge in [-0.05, 0) is 43.2 Å². The molecular weight excluding hydrogens is 278 g/mol. The van der Waals surface area contributed by atoms with Gasteiger partial charge in [0.25, 0.3) is 0 Å². The van der Waals surface area contributed by atoms with Gasteiger partial charge in [0.15, 0.2) is 5.78 Å². The highest BCUT2D eigenvalue weighted by molar-refractivity contribution is 6.14. The minimum Gasteiger partial charge on any atom is -0.325 e. The Morgan fingerprint density at radius 3 is 2.55 bits per heavy atom. The fourth-order valence-corrected chi connectivity index (χ4v) is 4.26. The molecule has 0 radical (unpaired) electrons. The van der Waals surface area contributed by atoms with Crippen LogP contribution in [0, 0.1) is 16.7 Å². The number of hydrogen-bond donors (Lipinski definition) is 1. The van der Waals surface area contributed by atoms with Crippen LogP contribution in [0.3, 0.4) is 0 Å². The molecule has 0 aromatic heterocycles. The molecule has 0 saturated heterocycles. The van der Waals surface area contributed by atoms with Gasteiger partial charge in [0, 0.05) is 17.7 Å². The molecule has 2 atom stereocenters. The summed E-state index contributed by atoms with van der Waals surface area (Å²) in [6.07, 6.45) is 2.06. The van der Waals surface area contributed by atoms with Gasteiger partial charge in [0.1, 0.15) is 11.2 Å². The van der Waals surface area contributed by atoms with E-state index in [2.05, 4.69) is 5.32 Å². The maximum atomic E-state index is 12.9. The number of amides is 1. The van der Waals surface area contributed by atoms with Gasteiger partial charge in [0.05, 0.1) is 0 Å². The summed E-state index contributed by atoms with van der Waals surface area (Å²) in [7, 11) is 0. The SMILES string of the molecule is CC(=O)c1cccc(NC(=O)[C@@]23CC[C@@H](CC2=O)C3(C)C)c1. The van der Waals surface area contributed by atoms with E-state index in [-0.39, 0.29) is 22.9 Å². The predicted molar refractivity (Wildman–Crippen MR) is 83.6 cm³/mol. The molecule has 0 unspecified atom stereocenters. The standard InChI is InChI=1S/C18H21NO3/c1-11(20)12-5-4-6-14(9-12)19-16(22)18-8-7-13(10-15(18)21)17(18,2)3/h4-6,9,13H,7-8,10H2,1-3H3,(H,19,22)/t13-,18+/m0/s1. The van der Waals surface area contributed by atoms with E-state index in [0.717, 1.165) is 6.42 Å². The second-order valence-electron chi connectivity index (χ2n) is 7.08. The number of carbonyl (C=O) groups is 3. The monoisotopic (exact) mass is 299 g/mol. The number of ketones is 2. The second-order valence-corrected chi connectivity index (χ2v) is 7.08. The summed E-state index contributed by atoms with van der Waals surface area (Å²) in [5.41, 5.74) is -0.0846. The Morgan fingerprint density at radius 1 is 1.27 bits per heavy atom. The fourth-order valence-electron chi connectivity index (χ4n) is 4.26. The first-order chi connectivity index (χ1) is 10.3. The Morgan fingerprint density at radius 2 is 2.00 bits per heavy atom. The van der Waals surface area contributed by atoms with Crippen molar-refractivity contribution in [1.29, 1.82) is 0 Å². The Bertz CT molecular complexity index is 677. The molecule has 116 valence electrons. The first kappa shape index (κ1) is 14.9. The maximum absolute atomic E-state index is 12.9. The normalized spacial score (nSPS) is 28.7. The van der Waals surface area contributed by atoms with Gasteiger partial charge in [-0.25, -0.2) is 0 Å². The number of rotatable bonds is 3. The number of Topliss-reactive ketones (excluding diaryl/α,β-unsaturated/α-hetero) is 2. The molecule has 1 aromatic rings. The first-order valence-corrected chi connectivity index (χ1v) is 7.75. The van der Waals surface area contributed by atoms with Crippen molar-refractivity contribution in [1.82, 2.24) is 0 Å². The van der Waals surface area contributed by atoms with Crippen molar-refractivity contribution in [2.75, 3.05) is 5.32 Å². The summed E-state index contributed by atoms with van der Waals surface area (Å²) in [5.74, 6) is 0.0962. The van der Waals surface area contributed by atoms with E-state index in [1.807, 2.05) is 13.8 Å². The molecule has 4 heteroatoms. The van der Waals surface area contributed by atoms with Crippen molar-refractivity contribution in [2.24, 2.45) is 16.7 Å². The molecule has 1 amide bonds. The van der Waals surface area contributed by atoms with Gasteiger partial charge in [0.2, 0.25) is 5.91 Å². The largest absolute Gasteiger partial charge is 0.325 e. The van der Waals surface area contributed by atoms with Crippen molar-refractivity contribution in [3.05, 3.63) is 29.8 Å². The number of carbonyl (C=O) groups excluding carboxylic acids is 3. The average molecular weight is 299 g/mol. The third-order valence-electron chi connectivity index (χ3n) is 5.81. The Kier molecular flexibility index (Phi) is 3.24. The fraction of sp³-hybridized carbons (Fsp3) is 0.500. The van der Waals surface area contributed by atoms with Gasteiger partial charge < -0.3 is 5.32 Å². The van der Waals surface area contributed by atoms with Gasteiger partial charge in [-0.1, -0.05) is 26.0 Å². The van der Waals surface area contributed by atoms with Crippen LogP contribution in [-0.2, 0) is 9.59 Å². The van der Waals surface area contributed by atoms with Gasteiger partial charge in [-0.2, -0.15) is 0 Å². The number of fused-ring (bicyclic) bond motifs is 2. The molecule has 1 N–H and O–H groups in total. The lowest BCUT2D eigenvalue weighted by Gasteiger charge is -2.34. The number of benzene rings is 1. The predicted octanol–water partition coefficient (Wildman–Crippen LogP) is 3.22. The van der Waals surface area contributed by atoms with Gasteiger partial charge in [-0.3, -0.25) is 14.4 Å². The molecule has 0 heterocycles. The van der Waals surface area contributed by atoms with E-state index in [9.17, 15) is 14.4 Å². The van der Waals surface area contributed by atoms with E-state index < -0.39 is 5.41 Å². The van der Waals surface area contributed by atoms with Crippen molar-refractivity contribution < 1.29 is 14.4 Å². The van der Waals surface area contributed by atoms with Crippen molar-refractivity contribution in [2.45, 2.75) is 40.0 Å². The lowest BCUT2D eigenvalue weighted by Crippen LogP contribution is -2.46. The topological polar surface area (TPSA) is 63.2 Å². The first-order valence-electron chi connectivity index (χ1n) is 7.75. The van der Waals surface area contributed by atoms with Gasteiger partial charge in [-0.15, -0.1) is 0 Å². The molecule has 2 aliphatic rings. The van der Waals surface area contributed by atoms with Crippen LogP contribution in [-0.4, -0.2) is 17.5 Å². The van der Waals surface area contributed by atoms with Gasteiger partial charge >= 0.3 is 0 Å². The zero-order chi connectivity index (χ0) is 16.1. The molecule has 2 aliphatic carbocycles. The van der Waals surface area contributed by atoms with Crippen LogP contribution in [0.4, 0.5) is 5.69 Å². The zero-order valence-electron chi connectivity index (χ0n) is 13.2. The number of hydrogen-bond acceptors (Lipinski definition) is 3. The van der Waals surface area contributed by atoms with E-state index in [1.54, 1.807) is 24.3 Å². The summed E-state index contributed by atoms with van der Waals surface area (Å²) in [4.78, 5) is 36.8. The van der Waals surface area contributed by atoms with E-state index >= 15 is 0 Å². The second kappa shape index (κ2) is 4.77. The molecule has 22 heavy (non-hydrogen) atoms. The smallest absolute Gasteiger partial charge is 0.238 e. The van der Waals surface area contributed by atoms with Crippen LogP contribution in [0.25, 0.3) is 0 Å². The summed E-state index contributed by atoms with van der Waals surface area (Å²) in [6.45, 7) is 5.55. The lowest BCUT2D eigenvalue weighted by molar-refractivity contribution is -0.141. The molecule has 2 saturated carbocycles. The maximum Gasteiger partial charge on any atom is 0.238 e. The highest BCUT2D eigenvalue weighted by Crippen LogP contribution is 2.64. The van der Waals surface area contributed by atoms with Crippen LogP contribution < -0.4 is 5.32 Å². The van der Waals surface area contributed by atoms with Crippen molar-refractivity contribution in [3.8, 4) is 0 Å². The van der Waals surface area contributed by atoms with E-state index in [0.29, 0.717) is 30.0 Å². The number of anilines is 1. The van der Waals surface area contributed by atoms with Crippen LogP contribution in [0.1, 0.15) is 50.4 Å². The Labute approximate surface area is 130 Å². The molecule has 2 bridgehead atoms. The minimum atomic E-state index is -0.913. The summed E-state index contributed by atoms with van der Waals surface area (Å²) >= 11 is 0. The third-order valence-corrected chi connectivity index (χ3v) is 5.81. The molecular formula is C18H21NO3. The highest BCUT2D eigenvalue weighted by atomic mass is 16.2. The summed E-state index contributed by atoms with van der Waals surface area (Å²) in [6, 6.07) is 6.87. The molecule has 2 fully saturated rings. The van der Waals surface area contributed by atoms with Crippen LogP contribution in [0.15, 0.2) is 24.3 Å². The minimum absolute atomic E-state index is 0.0486. The molecule has 4 nitrogen and oxygen atoms in total. The number of nitrogens with one attached hydrogen (secondary N) is 1. The van der Waals surface area contributed by atoms with Crippen molar-refractivity contribution >= 4 is 23.2 Å². The summed E-state index contributed by atoms with van der Waals surface area (Å²) in [5, 5.41) is 2.87. The zero-order valence-corrected chi connectivity index (χ0v) is 13.2. The van der Waals surface area contributed by atoms with E-state index in [4.69, 9.17) is 0 Å². The van der Waals surface area contributed by atoms with Crippen LogP contribution >= 0.6 is 0 Å². The van der Waals surface area contributed by atoms with E-state index in [1.165, 1.54) is 6.92 Å². The molecule has 1 aromatic carbocycles. The molecule has 0 aliphatic heterocycles. The quantitative estimate of drug-likeness (QED) is 0.688. The van der Waals surface area contributed by atoms with Crippen LogP contribution in [0.5, 0.6) is 0 Å². The highest BCUT2D eigenvalue weighted by Gasteiger charge is 2.68. The lowest BCUT2D eigenvalue weighted by atomic mass is 9.68. The van der Waals surface area contributed by atoms with Crippen molar-refractivity contribution in [3.63, 3.8) is 0 Å². The average Bonchev–Trinajstić information content (AvgIpc) is 2.82. The molecule has 3 rings (SSSR count). The Balaban J connectivity index is 1.90. The third kappa shape index (κ3) is 1.86. The molecule has 0 spiro atoms. The Hall–Kier alpha value is -1.97.